The van der Waals surface area contributed by atoms with E-state index in [9.17, 15) is 18.0 Å². The average molecular weight is 371 g/mol. The van der Waals surface area contributed by atoms with Crippen LogP contribution in [0.15, 0.2) is 48.5 Å². The second-order valence-corrected chi connectivity index (χ2v) is 5.66. The Morgan fingerprint density at radius 3 is 2.16 bits per heavy atom. The zero-order chi connectivity index (χ0) is 17.2. The number of hydrogen-bond donors (Lipinski definition) is 1. The van der Waals surface area contributed by atoms with Crippen LogP contribution in [0.3, 0.4) is 0 Å². The Hall–Kier alpha value is -2.05. The highest BCUT2D eigenvalue weighted by molar-refractivity contribution is 6.01. The van der Waals surface area contributed by atoms with E-state index in [1.54, 1.807) is 29.2 Å². The van der Waals surface area contributed by atoms with Crippen LogP contribution < -0.4 is 5.32 Å². The van der Waals surface area contributed by atoms with Gasteiger partial charge in [-0.3, -0.25) is 4.79 Å². The molecular formula is C18H18ClF3N2O. The molecule has 1 N–H and O–H groups in total. The first kappa shape index (κ1) is 19.3. The van der Waals surface area contributed by atoms with E-state index >= 15 is 0 Å². The Labute approximate surface area is 150 Å². The lowest BCUT2D eigenvalue weighted by Crippen LogP contribution is -2.46. The lowest BCUT2D eigenvalue weighted by Gasteiger charge is -2.28. The van der Waals surface area contributed by atoms with Gasteiger partial charge in [-0.2, -0.15) is 13.2 Å². The minimum Gasteiger partial charge on any atom is -0.336 e. The van der Waals surface area contributed by atoms with Crippen LogP contribution in [0.2, 0.25) is 0 Å². The van der Waals surface area contributed by atoms with E-state index in [-0.39, 0.29) is 18.3 Å². The maximum atomic E-state index is 12.7. The zero-order valence-electron chi connectivity index (χ0n) is 13.3. The van der Waals surface area contributed by atoms with Crippen LogP contribution in [0, 0.1) is 0 Å². The Balaban J connectivity index is 0.00000225. The van der Waals surface area contributed by atoms with Crippen molar-refractivity contribution >= 4 is 18.3 Å². The van der Waals surface area contributed by atoms with Crippen molar-refractivity contribution in [1.29, 1.82) is 0 Å². The quantitative estimate of drug-likeness (QED) is 0.871. The van der Waals surface area contributed by atoms with Gasteiger partial charge in [0.2, 0.25) is 0 Å². The largest absolute Gasteiger partial charge is 0.416 e. The summed E-state index contributed by atoms with van der Waals surface area (Å²) in [5.41, 5.74) is 1.06. The number of rotatable bonds is 2. The van der Waals surface area contributed by atoms with Gasteiger partial charge in [-0.1, -0.05) is 30.3 Å². The summed E-state index contributed by atoms with van der Waals surface area (Å²) in [5, 5.41) is 3.19. The average Bonchev–Trinajstić information content (AvgIpc) is 2.61. The van der Waals surface area contributed by atoms with Gasteiger partial charge in [-0.15, -0.1) is 12.4 Å². The maximum absolute atomic E-state index is 12.7. The molecule has 2 aromatic carbocycles. The third kappa shape index (κ3) is 4.32. The van der Waals surface area contributed by atoms with Gasteiger partial charge in [0, 0.05) is 31.7 Å². The maximum Gasteiger partial charge on any atom is 0.416 e. The number of alkyl halides is 3. The summed E-state index contributed by atoms with van der Waals surface area (Å²) >= 11 is 0. The van der Waals surface area contributed by atoms with E-state index in [1.165, 1.54) is 12.1 Å². The highest BCUT2D eigenvalue weighted by Crippen LogP contribution is 2.32. The molecule has 0 radical (unpaired) electrons. The first-order valence-electron chi connectivity index (χ1n) is 7.73. The lowest BCUT2D eigenvalue weighted by atomic mass is 9.97. The van der Waals surface area contributed by atoms with Crippen LogP contribution in [0.5, 0.6) is 0 Å². The number of piperazine rings is 1. The number of benzene rings is 2. The van der Waals surface area contributed by atoms with Crippen molar-refractivity contribution in [2.75, 3.05) is 26.2 Å². The van der Waals surface area contributed by atoms with Crippen LogP contribution in [-0.2, 0) is 6.18 Å². The van der Waals surface area contributed by atoms with Crippen molar-refractivity contribution in [1.82, 2.24) is 10.2 Å². The summed E-state index contributed by atoms with van der Waals surface area (Å²) in [4.78, 5) is 14.5. The molecule has 2 aromatic rings. The highest BCUT2D eigenvalue weighted by atomic mass is 35.5. The van der Waals surface area contributed by atoms with Crippen molar-refractivity contribution in [3.8, 4) is 11.1 Å². The fraction of sp³-hybridized carbons (Fsp3) is 0.278. The van der Waals surface area contributed by atoms with E-state index in [0.717, 1.165) is 25.2 Å². The SMILES string of the molecule is Cl.O=C(c1ccccc1-c1ccc(C(F)(F)F)cc1)N1CCNCC1. The molecular weight excluding hydrogens is 353 g/mol. The summed E-state index contributed by atoms with van der Waals surface area (Å²) in [6, 6.07) is 11.9. The number of nitrogens with zero attached hydrogens (tertiary/aromatic N) is 1. The minimum atomic E-state index is -4.37. The summed E-state index contributed by atoms with van der Waals surface area (Å²) in [6.07, 6.45) is -4.37. The van der Waals surface area contributed by atoms with E-state index in [0.29, 0.717) is 29.8 Å². The molecule has 1 amide bonds. The Morgan fingerprint density at radius 2 is 1.56 bits per heavy atom. The molecule has 0 aliphatic carbocycles. The highest BCUT2D eigenvalue weighted by Gasteiger charge is 2.30. The molecule has 1 saturated heterocycles. The molecule has 0 atom stereocenters. The molecule has 0 bridgehead atoms. The summed E-state index contributed by atoms with van der Waals surface area (Å²) in [7, 11) is 0. The Kier molecular flexibility index (Phi) is 6.08. The number of halogens is 4. The van der Waals surface area contributed by atoms with Gasteiger partial charge in [0.15, 0.2) is 0 Å². The predicted molar refractivity (Wildman–Crippen MR) is 92.9 cm³/mol. The standard InChI is InChI=1S/C18H17F3N2O.ClH/c19-18(20,21)14-7-5-13(6-8-14)15-3-1-2-4-16(15)17(24)23-11-9-22-10-12-23;/h1-8,22H,9-12H2;1H. The van der Waals surface area contributed by atoms with Crippen molar-refractivity contribution in [3.05, 3.63) is 59.7 Å². The fourth-order valence-corrected chi connectivity index (χ4v) is 2.80. The van der Waals surface area contributed by atoms with Crippen molar-refractivity contribution < 1.29 is 18.0 Å². The molecule has 3 rings (SSSR count). The Bertz CT molecular complexity index is 726. The van der Waals surface area contributed by atoms with Gasteiger partial charge < -0.3 is 10.2 Å². The molecule has 7 heteroatoms. The second kappa shape index (κ2) is 7.89. The first-order chi connectivity index (χ1) is 11.5. The molecule has 1 aliphatic heterocycles. The van der Waals surface area contributed by atoms with Crippen molar-refractivity contribution in [2.45, 2.75) is 6.18 Å². The topological polar surface area (TPSA) is 32.3 Å². The molecule has 1 fully saturated rings. The van der Waals surface area contributed by atoms with Crippen LogP contribution in [0.1, 0.15) is 15.9 Å². The van der Waals surface area contributed by atoms with Crippen LogP contribution in [-0.4, -0.2) is 37.0 Å². The minimum absolute atomic E-state index is 0. The third-order valence-electron chi connectivity index (χ3n) is 4.08. The number of amides is 1. The third-order valence-corrected chi connectivity index (χ3v) is 4.08. The summed E-state index contributed by atoms with van der Waals surface area (Å²) in [6.45, 7) is 2.74. The molecule has 134 valence electrons. The van der Waals surface area contributed by atoms with Gasteiger partial charge in [0.25, 0.3) is 5.91 Å². The number of hydrogen-bond acceptors (Lipinski definition) is 2. The predicted octanol–water partition coefficient (Wildman–Crippen LogP) is 3.84. The second-order valence-electron chi connectivity index (χ2n) is 5.66. The molecule has 0 unspecified atom stereocenters. The molecule has 1 heterocycles. The first-order valence-corrected chi connectivity index (χ1v) is 7.73. The number of nitrogens with one attached hydrogen (secondary N) is 1. The summed E-state index contributed by atoms with van der Waals surface area (Å²) in [5.74, 6) is -0.0907. The summed E-state index contributed by atoms with van der Waals surface area (Å²) < 4.78 is 38.1. The van der Waals surface area contributed by atoms with E-state index in [1.807, 2.05) is 0 Å². The van der Waals surface area contributed by atoms with Crippen molar-refractivity contribution in [2.24, 2.45) is 0 Å². The smallest absolute Gasteiger partial charge is 0.336 e. The van der Waals surface area contributed by atoms with Gasteiger partial charge >= 0.3 is 6.18 Å². The van der Waals surface area contributed by atoms with E-state index < -0.39 is 11.7 Å². The molecule has 0 spiro atoms. The fourth-order valence-electron chi connectivity index (χ4n) is 2.80. The number of carbonyl (C=O) groups is 1. The van der Waals surface area contributed by atoms with Gasteiger partial charge in [-0.25, -0.2) is 0 Å². The van der Waals surface area contributed by atoms with Gasteiger partial charge in [0.05, 0.1) is 5.56 Å². The van der Waals surface area contributed by atoms with Gasteiger partial charge in [0.1, 0.15) is 0 Å². The normalized spacial score (nSPS) is 14.8. The molecule has 0 saturated carbocycles. The zero-order valence-corrected chi connectivity index (χ0v) is 14.2. The van der Waals surface area contributed by atoms with Crippen molar-refractivity contribution in [3.63, 3.8) is 0 Å². The molecule has 3 nitrogen and oxygen atoms in total. The van der Waals surface area contributed by atoms with Crippen LogP contribution in [0.25, 0.3) is 11.1 Å². The number of carbonyl (C=O) groups excluding carboxylic acids is 1. The molecule has 25 heavy (non-hydrogen) atoms. The van der Waals surface area contributed by atoms with Crippen LogP contribution >= 0.6 is 12.4 Å². The Morgan fingerprint density at radius 1 is 0.960 bits per heavy atom. The van der Waals surface area contributed by atoms with Crippen LogP contribution in [0.4, 0.5) is 13.2 Å². The monoisotopic (exact) mass is 370 g/mol. The van der Waals surface area contributed by atoms with Gasteiger partial charge in [-0.05, 0) is 29.3 Å². The van der Waals surface area contributed by atoms with E-state index in [2.05, 4.69) is 5.32 Å². The molecule has 1 aliphatic rings. The lowest BCUT2D eigenvalue weighted by molar-refractivity contribution is -0.137. The van der Waals surface area contributed by atoms with E-state index in [4.69, 9.17) is 0 Å². The molecule has 0 aromatic heterocycles.